The van der Waals surface area contributed by atoms with Crippen molar-refractivity contribution >= 4 is 29.0 Å². The van der Waals surface area contributed by atoms with Crippen molar-refractivity contribution in [1.82, 2.24) is 20.0 Å². The van der Waals surface area contributed by atoms with Crippen molar-refractivity contribution in [3.05, 3.63) is 63.7 Å². The summed E-state index contributed by atoms with van der Waals surface area (Å²) in [5, 5.41) is 18.8. The molecule has 34 heavy (non-hydrogen) atoms. The Morgan fingerprint density at radius 3 is 2.79 bits per heavy atom. The Labute approximate surface area is 200 Å². The number of nitriles is 1. The van der Waals surface area contributed by atoms with E-state index >= 15 is 0 Å². The number of rotatable bonds is 7. The molecule has 8 nitrogen and oxygen atoms in total. The number of halogens is 1. The van der Waals surface area contributed by atoms with Gasteiger partial charge in [-0.2, -0.15) is 10.4 Å². The lowest BCUT2D eigenvalue weighted by Gasteiger charge is -2.31. The second-order valence-corrected chi connectivity index (χ2v) is 9.12. The van der Waals surface area contributed by atoms with Crippen molar-refractivity contribution in [2.24, 2.45) is 5.92 Å². The van der Waals surface area contributed by atoms with Crippen LogP contribution in [0.25, 0.3) is 5.69 Å². The molecule has 0 saturated carbocycles. The van der Waals surface area contributed by atoms with Gasteiger partial charge in [-0.05, 0) is 61.4 Å². The van der Waals surface area contributed by atoms with Gasteiger partial charge in [0, 0.05) is 19.6 Å². The number of likely N-dealkylation sites (tertiary alicyclic amines) is 1. The Hall–Kier alpha value is -3.71. The molecule has 1 aliphatic rings. The van der Waals surface area contributed by atoms with E-state index in [9.17, 15) is 19.2 Å². The standard InChI is InChI=1S/C24H25FN6O2S/c25-17-7-9-18(10-8-17)31-22(27)19(14-26)20(29-31)5-1-11-28-23(32)16-4-2-12-30(15-16)24(33)21-6-3-13-34-21/h3,6-10,13,16H,1-2,4-5,11-12,15,27H2,(H,28,32). The number of nitrogens with two attached hydrogens (primary N) is 1. The van der Waals surface area contributed by atoms with Gasteiger partial charge in [-0.15, -0.1) is 11.3 Å². The fourth-order valence-corrected chi connectivity index (χ4v) is 4.79. The molecule has 1 unspecified atom stereocenters. The maximum Gasteiger partial charge on any atom is 0.263 e. The number of benzene rings is 1. The zero-order valence-corrected chi connectivity index (χ0v) is 19.4. The minimum atomic E-state index is -0.372. The number of nitrogens with zero attached hydrogens (tertiary/aromatic N) is 4. The first-order chi connectivity index (χ1) is 16.5. The van der Waals surface area contributed by atoms with Gasteiger partial charge in [-0.3, -0.25) is 9.59 Å². The third-order valence-electron chi connectivity index (χ3n) is 5.88. The summed E-state index contributed by atoms with van der Waals surface area (Å²) >= 11 is 1.41. The molecule has 2 amide bonds. The van der Waals surface area contributed by atoms with E-state index < -0.39 is 0 Å². The van der Waals surface area contributed by atoms with E-state index in [-0.39, 0.29) is 34.9 Å². The van der Waals surface area contributed by atoms with Crippen molar-refractivity contribution in [1.29, 1.82) is 5.26 Å². The number of carbonyl (C=O) groups is 2. The molecule has 1 saturated heterocycles. The number of piperidine rings is 1. The second kappa shape index (κ2) is 10.5. The summed E-state index contributed by atoms with van der Waals surface area (Å²) in [6.07, 6.45) is 2.57. The normalized spacial score (nSPS) is 15.6. The van der Waals surface area contributed by atoms with Crippen molar-refractivity contribution in [2.45, 2.75) is 25.7 Å². The monoisotopic (exact) mass is 480 g/mol. The lowest BCUT2D eigenvalue weighted by molar-refractivity contribution is -0.126. The predicted octanol–water partition coefficient (Wildman–Crippen LogP) is 3.13. The minimum absolute atomic E-state index is 0.0223. The van der Waals surface area contributed by atoms with Crippen molar-refractivity contribution in [2.75, 3.05) is 25.4 Å². The highest BCUT2D eigenvalue weighted by Gasteiger charge is 2.29. The third kappa shape index (κ3) is 5.10. The van der Waals surface area contributed by atoms with Gasteiger partial charge in [0.25, 0.3) is 5.91 Å². The number of carbonyl (C=O) groups excluding carboxylic acids is 2. The molecule has 10 heteroatoms. The number of amides is 2. The van der Waals surface area contributed by atoms with E-state index in [0.717, 1.165) is 12.8 Å². The summed E-state index contributed by atoms with van der Waals surface area (Å²) in [6.45, 7) is 1.50. The van der Waals surface area contributed by atoms with Crippen LogP contribution >= 0.6 is 11.3 Å². The van der Waals surface area contributed by atoms with Crippen LogP contribution < -0.4 is 11.1 Å². The number of aromatic nitrogens is 2. The van der Waals surface area contributed by atoms with Gasteiger partial charge in [-0.1, -0.05) is 6.07 Å². The topological polar surface area (TPSA) is 117 Å². The molecule has 0 spiro atoms. The Balaban J connectivity index is 1.30. The number of nitrogen functional groups attached to an aromatic ring is 1. The van der Waals surface area contributed by atoms with Gasteiger partial charge in [-0.25, -0.2) is 9.07 Å². The van der Waals surface area contributed by atoms with Gasteiger partial charge < -0.3 is 16.0 Å². The molecule has 1 aliphatic heterocycles. The van der Waals surface area contributed by atoms with E-state index in [0.29, 0.717) is 48.7 Å². The van der Waals surface area contributed by atoms with E-state index in [1.807, 2.05) is 11.4 Å². The van der Waals surface area contributed by atoms with Crippen LogP contribution in [0.2, 0.25) is 0 Å². The summed E-state index contributed by atoms with van der Waals surface area (Å²) < 4.78 is 14.6. The minimum Gasteiger partial charge on any atom is -0.382 e. The summed E-state index contributed by atoms with van der Waals surface area (Å²) in [6, 6.07) is 11.4. The van der Waals surface area contributed by atoms with E-state index in [1.54, 1.807) is 23.1 Å². The number of aryl methyl sites for hydroxylation is 1. The first-order valence-electron chi connectivity index (χ1n) is 11.1. The average molecular weight is 481 g/mol. The molecule has 1 atom stereocenters. The summed E-state index contributed by atoms with van der Waals surface area (Å²) in [4.78, 5) is 27.7. The molecule has 1 aromatic carbocycles. The van der Waals surface area contributed by atoms with Crippen LogP contribution in [0.5, 0.6) is 0 Å². The average Bonchev–Trinajstić information content (AvgIpc) is 3.50. The van der Waals surface area contributed by atoms with E-state index in [1.165, 1.54) is 28.2 Å². The highest BCUT2D eigenvalue weighted by atomic mass is 32.1. The summed E-state index contributed by atoms with van der Waals surface area (Å²) in [5.74, 6) is -0.499. The quantitative estimate of drug-likeness (QED) is 0.504. The molecular weight excluding hydrogens is 455 g/mol. The largest absolute Gasteiger partial charge is 0.382 e. The van der Waals surface area contributed by atoms with Crippen LogP contribution in [0.4, 0.5) is 10.2 Å². The molecule has 0 radical (unpaired) electrons. The fraction of sp³-hybridized carbons (Fsp3) is 0.333. The summed E-state index contributed by atoms with van der Waals surface area (Å²) in [7, 11) is 0. The third-order valence-corrected chi connectivity index (χ3v) is 6.74. The van der Waals surface area contributed by atoms with Gasteiger partial charge in [0.1, 0.15) is 23.3 Å². The predicted molar refractivity (Wildman–Crippen MR) is 127 cm³/mol. The highest BCUT2D eigenvalue weighted by molar-refractivity contribution is 7.12. The van der Waals surface area contributed by atoms with Gasteiger partial charge in [0.2, 0.25) is 5.91 Å². The lowest BCUT2D eigenvalue weighted by atomic mass is 9.97. The SMILES string of the molecule is N#Cc1c(CCCNC(=O)C2CCCN(C(=O)c3cccs3)C2)nn(-c2ccc(F)cc2)c1N. The van der Waals surface area contributed by atoms with Crippen LogP contribution in [-0.2, 0) is 11.2 Å². The molecule has 176 valence electrons. The summed E-state index contributed by atoms with van der Waals surface area (Å²) in [5.41, 5.74) is 7.47. The number of anilines is 1. The zero-order valence-electron chi connectivity index (χ0n) is 18.5. The molecule has 2 aromatic heterocycles. The first-order valence-corrected chi connectivity index (χ1v) is 12.0. The van der Waals surface area contributed by atoms with Crippen molar-refractivity contribution in [3.63, 3.8) is 0 Å². The Bertz CT molecular complexity index is 1200. The van der Waals surface area contributed by atoms with Crippen LogP contribution in [0.1, 0.15) is 40.2 Å². The van der Waals surface area contributed by atoms with E-state index in [2.05, 4.69) is 16.5 Å². The first kappa shape index (κ1) is 23.4. The Morgan fingerprint density at radius 1 is 1.29 bits per heavy atom. The number of thiophene rings is 1. The number of hydrogen-bond acceptors (Lipinski definition) is 6. The van der Waals surface area contributed by atoms with E-state index in [4.69, 9.17) is 5.73 Å². The maximum atomic E-state index is 13.2. The number of hydrogen-bond donors (Lipinski definition) is 2. The molecule has 3 aromatic rings. The number of nitrogens with one attached hydrogen (secondary N) is 1. The molecule has 0 bridgehead atoms. The highest BCUT2D eigenvalue weighted by Crippen LogP contribution is 2.23. The van der Waals surface area contributed by atoms with Crippen LogP contribution in [0, 0.1) is 23.1 Å². The molecule has 4 rings (SSSR count). The van der Waals surface area contributed by atoms with Crippen LogP contribution in [0.15, 0.2) is 41.8 Å². The molecule has 1 fully saturated rings. The Kier molecular flexibility index (Phi) is 7.23. The second-order valence-electron chi connectivity index (χ2n) is 8.17. The maximum absolute atomic E-state index is 13.2. The lowest BCUT2D eigenvalue weighted by Crippen LogP contribution is -2.45. The molecule has 0 aliphatic carbocycles. The molecule has 3 heterocycles. The van der Waals surface area contributed by atoms with Crippen molar-refractivity contribution in [3.8, 4) is 11.8 Å². The zero-order chi connectivity index (χ0) is 24.1. The van der Waals surface area contributed by atoms with Gasteiger partial charge >= 0.3 is 0 Å². The van der Waals surface area contributed by atoms with Gasteiger partial charge in [0.05, 0.1) is 22.2 Å². The van der Waals surface area contributed by atoms with Crippen molar-refractivity contribution < 1.29 is 14.0 Å². The van der Waals surface area contributed by atoms with Crippen LogP contribution in [0.3, 0.4) is 0 Å². The molecular formula is C24H25FN6O2S. The molecule has 3 N–H and O–H groups in total. The Morgan fingerprint density at radius 2 is 2.09 bits per heavy atom. The smallest absolute Gasteiger partial charge is 0.263 e. The fourth-order valence-electron chi connectivity index (χ4n) is 4.10. The van der Waals surface area contributed by atoms with Gasteiger partial charge in [0.15, 0.2) is 0 Å². The van der Waals surface area contributed by atoms with Crippen LogP contribution in [-0.4, -0.2) is 46.1 Å².